The monoisotopic (exact) mass is 495 g/mol. The highest BCUT2D eigenvalue weighted by Gasteiger charge is 2.53. The van der Waals surface area contributed by atoms with Crippen molar-refractivity contribution in [1.29, 1.82) is 0 Å². The van der Waals surface area contributed by atoms with Crippen LogP contribution in [0.25, 0.3) is 10.9 Å². The molecular weight excluding hydrogens is 470 g/mol. The molecule has 2 aromatic carbocycles. The van der Waals surface area contributed by atoms with Gasteiger partial charge in [-0.05, 0) is 77.5 Å². The minimum Gasteiger partial charge on any atom is -0.398 e. The number of rotatable bonds is 4. The molecule has 0 bridgehead atoms. The van der Waals surface area contributed by atoms with Crippen molar-refractivity contribution in [2.75, 3.05) is 24.1 Å². The number of fused-ring (bicyclic) bond motifs is 1. The number of nitrogens with two attached hydrogens (primary N) is 1. The summed E-state index contributed by atoms with van der Waals surface area (Å²) < 4.78 is 0.806. The number of aromatic amines is 1. The average Bonchev–Trinajstić information content (AvgIpc) is 3.35. The summed E-state index contributed by atoms with van der Waals surface area (Å²) in [6, 6.07) is 9.38. The number of H-pyrrole nitrogens is 1. The number of anilines is 2. The highest BCUT2D eigenvalue weighted by Crippen LogP contribution is 2.51. The Morgan fingerprint density at radius 3 is 2.94 bits per heavy atom. The van der Waals surface area contributed by atoms with Gasteiger partial charge in [-0.3, -0.25) is 14.7 Å². The van der Waals surface area contributed by atoms with Gasteiger partial charge in [-0.1, -0.05) is 6.42 Å². The molecule has 2 heterocycles. The minimum atomic E-state index is 0.0239. The largest absolute Gasteiger partial charge is 0.398 e. The molecule has 1 aliphatic heterocycles. The zero-order valence-corrected chi connectivity index (χ0v) is 19.5. The first-order valence-corrected chi connectivity index (χ1v) is 11.7. The molecule has 2 fully saturated rings. The molecule has 1 saturated heterocycles. The number of likely N-dealkylation sites (tertiary alicyclic amines) is 1. The lowest BCUT2D eigenvalue weighted by Gasteiger charge is -2.51. The second-order valence-corrected chi connectivity index (χ2v) is 10.1. The summed E-state index contributed by atoms with van der Waals surface area (Å²) in [5, 5.41) is 10.9. The first-order chi connectivity index (χ1) is 15.3. The van der Waals surface area contributed by atoms with Gasteiger partial charge in [-0.15, -0.1) is 0 Å². The molecule has 32 heavy (non-hydrogen) atoms. The van der Waals surface area contributed by atoms with Crippen molar-refractivity contribution in [3.05, 3.63) is 52.1 Å². The van der Waals surface area contributed by atoms with Crippen molar-refractivity contribution < 1.29 is 9.59 Å². The molecule has 3 aromatic rings. The normalized spacial score (nSPS) is 19.3. The second kappa shape index (κ2) is 7.92. The van der Waals surface area contributed by atoms with Gasteiger partial charge in [0.25, 0.3) is 5.91 Å². The lowest BCUT2D eigenvalue weighted by molar-refractivity contribution is -0.119. The van der Waals surface area contributed by atoms with Gasteiger partial charge in [0.1, 0.15) is 0 Å². The molecule has 8 heteroatoms. The van der Waals surface area contributed by atoms with E-state index in [1.807, 2.05) is 36.1 Å². The summed E-state index contributed by atoms with van der Waals surface area (Å²) in [6.07, 6.45) is 5.43. The Balaban J connectivity index is 1.23. The van der Waals surface area contributed by atoms with Crippen LogP contribution in [0.3, 0.4) is 0 Å². The van der Waals surface area contributed by atoms with Crippen LogP contribution in [0.2, 0.25) is 0 Å². The van der Waals surface area contributed by atoms with Crippen molar-refractivity contribution in [2.45, 2.75) is 32.6 Å². The fourth-order valence-corrected chi connectivity index (χ4v) is 5.81. The molecule has 2 aliphatic rings. The summed E-state index contributed by atoms with van der Waals surface area (Å²) in [4.78, 5) is 27.8. The molecule has 7 nitrogen and oxygen atoms in total. The number of carbonyl (C=O) groups is 2. The quantitative estimate of drug-likeness (QED) is 0.463. The maximum Gasteiger partial charge on any atom is 0.254 e. The van der Waals surface area contributed by atoms with Crippen LogP contribution in [0.15, 0.2) is 41.0 Å². The predicted molar refractivity (Wildman–Crippen MR) is 128 cm³/mol. The van der Waals surface area contributed by atoms with Crippen LogP contribution in [0.1, 0.15) is 41.6 Å². The topological polar surface area (TPSA) is 104 Å². The number of hydrogen-bond acceptors (Lipinski definition) is 4. The Morgan fingerprint density at radius 1 is 1.31 bits per heavy atom. The number of aromatic nitrogens is 2. The van der Waals surface area contributed by atoms with Crippen LogP contribution in [-0.2, 0) is 4.79 Å². The first-order valence-electron chi connectivity index (χ1n) is 10.9. The number of hydrogen-bond donors (Lipinski definition) is 3. The third-order valence-corrected chi connectivity index (χ3v) is 7.81. The summed E-state index contributed by atoms with van der Waals surface area (Å²) in [6.45, 7) is 3.34. The standard InChI is InChI=1S/C24H26BrN5O2/c1-14-7-19(25)20(26)10-18(14)23(32)30-12-24(13-30)6-2-3-16(24)9-22(31)28-17-4-5-21-15(8-17)11-27-29-21/h4-5,7-8,10-11,16H,2-3,6,9,12-13,26H2,1H3,(H,27,29)(H,28,31). The van der Waals surface area contributed by atoms with Gasteiger partial charge in [-0.25, -0.2) is 0 Å². The predicted octanol–water partition coefficient (Wildman–Crippen LogP) is 4.49. The zero-order valence-electron chi connectivity index (χ0n) is 18.0. The molecule has 1 aliphatic carbocycles. The van der Waals surface area contributed by atoms with E-state index in [0.717, 1.165) is 45.9 Å². The molecular formula is C24H26BrN5O2. The summed E-state index contributed by atoms with van der Waals surface area (Å²) >= 11 is 3.42. The Kier molecular flexibility index (Phi) is 5.20. The van der Waals surface area contributed by atoms with Crippen molar-refractivity contribution in [2.24, 2.45) is 11.3 Å². The Morgan fingerprint density at radius 2 is 2.12 bits per heavy atom. The maximum absolute atomic E-state index is 13.1. The van der Waals surface area contributed by atoms with Gasteiger partial charge >= 0.3 is 0 Å². The van der Waals surface area contributed by atoms with Crippen molar-refractivity contribution in [1.82, 2.24) is 15.1 Å². The van der Waals surface area contributed by atoms with E-state index in [2.05, 4.69) is 31.4 Å². The number of halogens is 1. The number of benzene rings is 2. The number of carbonyl (C=O) groups excluding carboxylic acids is 2. The van der Waals surface area contributed by atoms with Gasteiger partial charge in [0.2, 0.25) is 5.91 Å². The molecule has 1 atom stereocenters. The van der Waals surface area contributed by atoms with Crippen LogP contribution in [0, 0.1) is 18.3 Å². The number of aryl methyl sites for hydroxylation is 1. The van der Waals surface area contributed by atoms with Crippen LogP contribution in [0.4, 0.5) is 11.4 Å². The van der Waals surface area contributed by atoms with Crippen LogP contribution in [0.5, 0.6) is 0 Å². The van der Waals surface area contributed by atoms with E-state index in [1.54, 1.807) is 12.3 Å². The fourth-order valence-electron chi connectivity index (χ4n) is 5.35. The molecule has 4 N–H and O–H groups in total. The number of nitrogens with zero attached hydrogens (tertiary/aromatic N) is 2. The van der Waals surface area contributed by atoms with Crippen molar-refractivity contribution in [3.8, 4) is 0 Å². The summed E-state index contributed by atoms with van der Waals surface area (Å²) in [7, 11) is 0. The van der Waals surface area contributed by atoms with E-state index < -0.39 is 0 Å². The first kappa shape index (κ1) is 21.0. The fraction of sp³-hybridized carbons (Fsp3) is 0.375. The molecule has 2 amide bonds. The van der Waals surface area contributed by atoms with Crippen LogP contribution >= 0.6 is 15.9 Å². The third-order valence-electron chi connectivity index (χ3n) is 7.12. The lowest BCUT2D eigenvalue weighted by Crippen LogP contribution is -2.60. The zero-order chi connectivity index (χ0) is 22.5. The highest BCUT2D eigenvalue weighted by atomic mass is 79.9. The van der Waals surface area contributed by atoms with Gasteiger partial charge < -0.3 is 16.0 Å². The Labute approximate surface area is 194 Å². The van der Waals surface area contributed by atoms with Gasteiger partial charge in [0, 0.05) is 51.7 Å². The molecule has 0 radical (unpaired) electrons. The van der Waals surface area contributed by atoms with E-state index in [1.165, 1.54) is 0 Å². The van der Waals surface area contributed by atoms with Gasteiger partial charge in [-0.2, -0.15) is 5.10 Å². The van der Waals surface area contributed by atoms with Gasteiger partial charge in [0.15, 0.2) is 0 Å². The SMILES string of the molecule is Cc1cc(Br)c(N)cc1C(=O)N1CC2(CCCC2CC(=O)Nc2ccc3[nH]ncc3c2)C1. The molecule has 1 unspecified atom stereocenters. The number of amides is 2. The van der Waals surface area contributed by atoms with E-state index in [4.69, 9.17) is 5.73 Å². The third kappa shape index (κ3) is 3.66. The van der Waals surface area contributed by atoms with Crippen LogP contribution in [-0.4, -0.2) is 40.0 Å². The van der Waals surface area contributed by atoms with E-state index in [0.29, 0.717) is 36.7 Å². The molecule has 1 aromatic heterocycles. The lowest BCUT2D eigenvalue weighted by atomic mass is 9.69. The molecule has 5 rings (SSSR count). The molecule has 166 valence electrons. The van der Waals surface area contributed by atoms with E-state index >= 15 is 0 Å². The van der Waals surface area contributed by atoms with E-state index in [9.17, 15) is 9.59 Å². The van der Waals surface area contributed by atoms with Gasteiger partial charge in [0.05, 0.1) is 11.7 Å². The molecule has 1 spiro atoms. The maximum atomic E-state index is 13.1. The second-order valence-electron chi connectivity index (χ2n) is 9.23. The van der Waals surface area contributed by atoms with Crippen molar-refractivity contribution in [3.63, 3.8) is 0 Å². The van der Waals surface area contributed by atoms with Crippen molar-refractivity contribution >= 4 is 50.0 Å². The molecule has 1 saturated carbocycles. The van der Waals surface area contributed by atoms with Crippen LogP contribution < -0.4 is 11.1 Å². The smallest absolute Gasteiger partial charge is 0.254 e. The number of nitrogen functional groups attached to an aromatic ring is 1. The summed E-state index contributed by atoms with van der Waals surface area (Å²) in [5.74, 6) is 0.344. The Hall–Kier alpha value is -2.87. The summed E-state index contributed by atoms with van der Waals surface area (Å²) in [5.41, 5.74) is 9.91. The number of nitrogens with one attached hydrogen (secondary N) is 2. The minimum absolute atomic E-state index is 0.0239. The Bertz CT molecular complexity index is 1210. The average molecular weight is 496 g/mol. The highest BCUT2D eigenvalue weighted by molar-refractivity contribution is 9.10. The van der Waals surface area contributed by atoms with E-state index in [-0.39, 0.29) is 17.2 Å².